The van der Waals surface area contributed by atoms with Crippen molar-refractivity contribution in [3.63, 3.8) is 0 Å². The van der Waals surface area contributed by atoms with Crippen LogP contribution in [0.4, 0.5) is 0 Å². The van der Waals surface area contributed by atoms with Crippen LogP contribution >= 0.6 is 0 Å². The van der Waals surface area contributed by atoms with E-state index in [1.165, 1.54) is 116 Å². The second-order valence-electron chi connectivity index (χ2n) is 6.68. The number of rotatable bonds is 0. The highest BCUT2D eigenvalue weighted by atomic mass is 16.3. The molecule has 0 unspecified atom stereocenters. The molecular formula is C26H66O7. The van der Waals surface area contributed by atoms with Gasteiger partial charge in [0.25, 0.3) is 0 Å². The quantitative estimate of drug-likeness (QED) is 0.261. The van der Waals surface area contributed by atoms with Crippen LogP contribution < -0.4 is 0 Å². The maximum Gasteiger partial charge on any atom is 0.0402 e. The molecule has 0 aromatic rings. The predicted molar refractivity (Wildman–Crippen MR) is 145 cm³/mol. The van der Waals surface area contributed by atoms with Gasteiger partial charge in [0.15, 0.2) is 0 Å². The molecular weight excluding hydrogens is 424 g/mol. The Morgan fingerprint density at radius 1 is 0.273 bits per heavy atom. The van der Waals surface area contributed by atoms with Crippen molar-refractivity contribution in [3.8, 4) is 0 Å². The van der Waals surface area contributed by atoms with Gasteiger partial charge in [-0.05, 0) is 6.92 Å². The molecule has 0 aromatic heterocycles. The molecule has 33 heavy (non-hydrogen) atoms. The van der Waals surface area contributed by atoms with E-state index in [2.05, 4.69) is 0 Å². The van der Waals surface area contributed by atoms with E-state index >= 15 is 0 Å². The van der Waals surface area contributed by atoms with Crippen molar-refractivity contribution in [2.75, 3.05) is 49.3 Å². The normalized spacial score (nSPS) is 14.7. The average molecular weight is 491 g/mol. The highest BCUT2D eigenvalue weighted by Crippen LogP contribution is 2.16. The third-order valence-corrected chi connectivity index (χ3v) is 4.50. The molecule has 7 heteroatoms. The molecule has 0 aliphatic heterocycles. The van der Waals surface area contributed by atoms with Gasteiger partial charge in [-0.2, -0.15) is 0 Å². The number of aliphatic hydroxyl groups excluding tert-OH is 7. The summed E-state index contributed by atoms with van der Waals surface area (Å²) in [6.07, 6.45) is 27.0. The monoisotopic (exact) mass is 490 g/mol. The van der Waals surface area contributed by atoms with Crippen LogP contribution in [0.3, 0.4) is 0 Å². The van der Waals surface area contributed by atoms with Crippen molar-refractivity contribution in [2.24, 2.45) is 0 Å². The first-order valence-corrected chi connectivity index (χ1v) is 12.7. The first kappa shape index (κ1) is 49.8. The first-order valence-electron chi connectivity index (χ1n) is 12.7. The molecule has 1 rings (SSSR count). The molecule has 0 heterocycles. The Bertz CT molecular complexity index is 111. The van der Waals surface area contributed by atoms with E-state index in [4.69, 9.17) is 35.7 Å². The molecule has 7 nitrogen and oxygen atoms in total. The smallest absolute Gasteiger partial charge is 0.0402 e. The summed E-state index contributed by atoms with van der Waals surface area (Å²) in [7, 11) is 6.00. The molecule has 1 saturated carbocycles. The molecule has 0 radical (unpaired) electrons. The highest BCUT2D eigenvalue weighted by Gasteiger charge is 1.96. The number of aliphatic hydroxyl groups is 7. The van der Waals surface area contributed by atoms with E-state index in [1.54, 1.807) is 6.92 Å². The lowest BCUT2D eigenvalue weighted by Gasteiger charge is -2.05. The summed E-state index contributed by atoms with van der Waals surface area (Å²) in [4.78, 5) is 0. The van der Waals surface area contributed by atoms with E-state index < -0.39 is 0 Å². The molecule has 0 amide bonds. The zero-order valence-electron chi connectivity index (χ0n) is 23.6. The summed E-state index contributed by atoms with van der Waals surface area (Å²) < 4.78 is 0. The van der Waals surface area contributed by atoms with Crippen molar-refractivity contribution >= 4 is 0 Å². The second-order valence-corrected chi connectivity index (χ2v) is 6.68. The van der Waals surface area contributed by atoms with Crippen molar-refractivity contribution in [1.29, 1.82) is 0 Å². The third kappa shape index (κ3) is 89.2. The Kier molecular flexibility index (Phi) is 129. The molecule has 1 aliphatic carbocycles. The van der Waals surface area contributed by atoms with E-state index in [1.807, 2.05) is 0 Å². The van der Waals surface area contributed by atoms with Gasteiger partial charge >= 0.3 is 0 Å². The Hall–Kier alpha value is -0.280. The van der Waals surface area contributed by atoms with E-state index in [9.17, 15) is 0 Å². The van der Waals surface area contributed by atoms with Crippen LogP contribution in [0.15, 0.2) is 0 Å². The molecule has 0 aromatic carbocycles. The fourth-order valence-corrected chi connectivity index (χ4v) is 3.18. The summed E-state index contributed by atoms with van der Waals surface area (Å²) >= 11 is 0. The number of hydrogen-bond donors (Lipinski definition) is 7. The molecule has 1 fully saturated rings. The van der Waals surface area contributed by atoms with Gasteiger partial charge in [0.1, 0.15) is 0 Å². The lowest BCUT2D eigenvalue weighted by Crippen LogP contribution is -1.85. The zero-order chi connectivity index (χ0) is 27.4. The predicted octanol–water partition coefficient (Wildman–Crippen LogP) is 4.67. The minimum Gasteiger partial charge on any atom is -0.400 e. The summed E-state index contributed by atoms with van der Waals surface area (Å²) in [6.45, 7) is 1.93. The van der Waals surface area contributed by atoms with Crippen molar-refractivity contribution in [1.82, 2.24) is 0 Å². The van der Waals surface area contributed by atoms with Crippen LogP contribution in [0, 0.1) is 0 Å². The van der Waals surface area contributed by atoms with Crippen molar-refractivity contribution in [2.45, 2.75) is 122 Å². The zero-order valence-corrected chi connectivity index (χ0v) is 23.6. The molecule has 0 bridgehead atoms. The molecule has 7 N–H and O–H groups in total. The van der Waals surface area contributed by atoms with Crippen LogP contribution in [-0.2, 0) is 0 Å². The average Bonchev–Trinajstić information content (AvgIpc) is 2.92. The van der Waals surface area contributed by atoms with Gasteiger partial charge < -0.3 is 35.7 Å². The standard InChI is InChI=1S/C18H36.C2H6O.6CH4O/c1-2-4-6-8-10-12-14-16-18-17-15-13-11-9-7-5-3-1;1-2-3;6*1-2/h1-18H2;3H,2H2,1H3;6*2H,1H3. The van der Waals surface area contributed by atoms with Crippen LogP contribution in [-0.4, -0.2) is 85.0 Å². The topological polar surface area (TPSA) is 142 Å². The van der Waals surface area contributed by atoms with E-state index in [0.29, 0.717) is 0 Å². The Labute approximate surface area is 207 Å². The molecule has 0 spiro atoms. The van der Waals surface area contributed by atoms with Gasteiger partial charge in [-0.25, -0.2) is 0 Å². The van der Waals surface area contributed by atoms with Crippen molar-refractivity contribution in [3.05, 3.63) is 0 Å². The summed E-state index contributed by atoms with van der Waals surface area (Å²) in [6, 6.07) is 0. The fraction of sp³-hybridized carbons (Fsp3) is 1.00. The van der Waals surface area contributed by atoms with Crippen LogP contribution in [0.1, 0.15) is 122 Å². The summed E-state index contributed by atoms with van der Waals surface area (Å²) in [5.74, 6) is 0. The lowest BCUT2D eigenvalue weighted by molar-refractivity contribution is 0.318. The van der Waals surface area contributed by atoms with Crippen LogP contribution in [0.25, 0.3) is 0 Å². The van der Waals surface area contributed by atoms with E-state index in [0.717, 1.165) is 42.7 Å². The number of hydrogen-bond acceptors (Lipinski definition) is 7. The van der Waals surface area contributed by atoms with Gasteiger partial charge in [0, 0.05) is 49.3 Å². The first-order chi connectivity index (χ1) is 16.4. The van der Waals surface area contributed by atoms with Gasteiger partial charge in [-0.3, -0.25) is 0 Å². The second kappa shape index (κ2) is 85.4. The van der Waals surface area contributed by atoms with Gasteiger partial charge in [0.05, 0.1) is 0 Å². The fourth-order valence-electron chi connectivity index (χ4n) is 3.18. The SMILES string of the molecule is C1CCCCCCCCCCCCCCCCC1.CCO.CO.CO.CO.CO.CO.CO. The molecule has 0 saturated heterocycles. The maximum absolute atomic E-state index is 7.57. The highest BCUT2D eigenvalue weighted by molar-refractivity contribution is 4.52. The minimum atomic E-state index is 0.250. The van der Waals surface area contributed by atoms with Crippen LogP contribution in [0.2, 0.25) is 0 Å². The molecule has 0 atom stereocenters. The Morgan fingerprint density at radius 3 is 0.333 bits per heavy atom. The minimum absolute atomic E-state index is 0.250. The molecule has 212 valence electrons. The van der Waals surface area contributed by atoms with E-state index in [-0.39, 0.29) is 6.61 Å². The van der Waals surface area contributed by atoms with Gasteiger partial charge in [-0.1, -0.05) is 116 Å². The van der Waals surface area contributed by atoms with Gasteiger partial charge in [0.2, 0.25) is 0 Å². The molecule has 1 aliphatic rings. The lowest BCUT2D eigenvalue weighted by atomic mass is 10.0. The summed E-state index contributed by atoms with van der Waals surface area (Å²) in [5.41, 5.74) is 0. The third-order valence-electron chi connectivity index (χ3n) is 4.50. The van der Waals surface area contributed by atoms with Crippen molar-refractivity contribution < 1.29 is 35.7 Å². The largest absolute Gasteiger partial charge is 0.400 e. The van der Waals surface area contributed by atoms with Crippen LogP contribution in [0.5, 0.6) is 0 Å². The Morgan fingerprint density at radius 2 is 0.303 bits per heavy atom. The Balaban J connectivity index is -0.0000000759. The maximum atomic E-state index is 7.57. The summed E-state index contributed by atoms with van der Waals surface area (Å²) in [5, 5.41) is 49.6. The van der Waals surface area contributed by atoms with Gasteiger partial charge in [-0.15, -0.1) is 0 Å².